The number of urea groups is 1. The number of carbonyl (C=O) groups is 2. The number of fused-ring (bicyclic) bond motifs is 1. The molecule has 1 aliphatic carbocycles. The summed E-state index contributed by atoms with van der Waals surface area (Å²) in [6.07, 6.45) is 6.95. The molecule has 0 bridgehead atoms. The van der Waals surface area contributed by atoms with Crippen molar-refractivity contribution in [1.29, 1.82) is 0 Å². The average molecular weight is 519 g/mol. The first-order valence-electron chi connectivity index (χ1n) is 12.6. The zero-order valence-electron chi connectivity index (χ0n) is 20.1. The highest BCUT2D eigenvalue weighted by atomic mass is 35.5. The lowest BCUT2D eigenvalue weighted by molar-refractivity contribution is -0.137. The van der Waals surface area contributed by atoms with Crippen LogP contribution in [0.2, 0.25) is 0 Å². The summed E-state index contributed by atoms with van der Waals surface area (Å²) in [7, 11) is 0. The Morgan fingerprint density at radius 3 is 2.51 bits per heavy atom. The molecule has 1 aromatic carbocycles. The quantitative estimate of drug-likeness (QED) is 0.568. The molecule has 1 saturated heterocycles. The predicted octanol–water partition coefficient (Wildman–Crippen LogP) is 4.83. The van der Waals surface area contributed by atoms with E-state index in [1.54, 1.807) is 11.3 Å². The van der Waals surface area contributed by atoms with Crippen molar-refractivity contribution in [3.63, 3.8) is 0 Å². The number of aliphatic carboxylic acids is 1. The predicted molar refractivity (Wildman–Crippen MR) is 141 cm³/mol. The number of thiazole rings is 1. The van der Waals surface area contributed by atoms with E-state index in [9.17, 15) is 9.59 Å². The average Bonchev–Trinajstić information content (AvgIpc) is 3.38. The molecule has 190 valence electrons. The number of aromatic nitrogens is 1. The number of benzene rings is 1. The van der Waals surface area contributed by atoms with Gasteiger partial charge in [-0.25, -0.2) is 9.78 Å². The highest BCUT2D eigenvalue weighted by Gasteiger charge is 2.38. The van der Waals surface area contributed by atoms with Crippen LogP contribution < -0.4 is 4.90 Å². The van der Waals surface area contributed by atoms with Crippen molar-refractivity contribution in [3.05, 3.63) is 46.5 Å². The first-order valence-corrected chi connectivity index (χ1v) is 13.4. The SMILES string of the molecule is Cl.O=C(O)CC[C@H]1CC[C@H](N2CCN(c3nc4c(s3)CCN(Cc3ccccc3)CC4)C2=O)CC1. The molecule has 0 radical (unpaired) electrons. The maximum absolute atomic E-state index is 13.3. The number of halogens is 1. The molecule has 9 heteroatoms. The van der Waals surface area contributed by atoms with Crippen molar-refractivity contribution < 1.29 is 14.7 Å². The molecule has 3 aliphatic rings. The Bertz CT molecular complexity index is 984. The highest BCUT2D eigenvalue weighted by molar-refractivity contribution is 7.16. The van der Waals surface area contributed by atoms with Crippen LogP contribution in [0.4, 0.5) is 9.93 Å². The van der Waals surface area contributed by atoms with Gasteiger partial charge in [0.2, 0.25) is 0 Å². The van der Waals surface area contributed by atoms with Gasteiger partial charge in [-0.1, -0.05) is 30.3 Å². The highest BCUT2D eigenvalue weighted by Crippen LogP contribution is 2.35. The van der Waals surface area contributed by atoms with Gasteiger partial charge in [0.05, 0.1) is 5.69 Å². The van der Waals surface area contributed by atoms with Gasteiger partial charge in [0.1, 0.15) is 0 Å². The van der Waals surface area contributed by atoms with E-state index in [2.05, 4.69) is 35.2 Å². The summed E-state index contributed by atoms with van der Waals surface area (Å²) in [4.78, 5) is 36.8. The number of hydrogen-bond acceptors (Lipinski definition) is 5. The van der Waals surface area contributed by atoms with E-state index in [1.807, 2.05) is 9.80 Å². The van der Waals surface area contributed by atoms with Crippen LogP contribution >= 0.6 is 23.7 Å². The number of nitrogens with zero attached hydrogens (tertiary/aromatic N) is 4. The zero-order chi connectivity index (χ0) is 23.5. The number of amides is 2. The van der Waals surface area contributed by atoms with Crippen LogP contribution in [0.15, 0.2) is 30.3 Å². The van der Waals surface area contributed by atoms with E-state index in [1.165, 1.54) is 16.1 Å². The minimum atomic E-state index is -0.710. The second-order valence-corrected chi connectivity index (χ2v) is 10.9. The largest absolute Gasteiger partial charge is 0.481 e. The minimum Gasteiger partial charge on any atom is -0.481 e. The molecule has 0 unspecified atom stereocenters. The fourth-order valence-corrected chi connectivity index (χ4v) is 6.77. The Morgan fingerprint density at radius 2 is 1.77 bits per heavy atom. The summed E-state index contributed by atoms with van der Waals surface area (Å²) >= 11 is 1.70. The minimum absolute atomic E-state index is 0. The fourth-order valence-electron chi connectivity index (χ4n) is 5.65. The third-order valence-corrected chi connectivity index (χ3v) is 8.81. The maximum atomic E-state index is 13.3. The normalized spacial score (nSPS) is 23.0. The van der Waals surface area contributed by atoms with Crippen LogP contribution in [0.3, 0.4) is 0 Å². The Hall–Kier alpha value is -2.16. The number of carboxylic acids is 1. The Labute approximate surface area is 217 Å². The van der Waals surface area contributed by atoms with E-state index in [-0.39, 0.29) is 30.9 Å². The molecule has 1 saturated carbocycles. The molecule has 0 spiro atoms. The van der Waals surface area contributed by atoms with Crippen molar-refractivity contribution >= 4 is 40.9 Å². The summed E-state index contributed by atoms with van der Waals surface area (Å²) in [6, 6.07) is 11.0. The summed E-state index contributed by atoms with van der Waals surface area (Å²) < 4.78 is 0. The molecule has 2 aromatic rings. The molecule has 1 N–H and O–H groups in total. The third-order valence-electron chi connectivity index (χ3n) is 7.63. The molecule has 7 nitrogen and oxygen atoms in total. The summed E-state index contributed by atoms with van der Waals surface area (Å²) in [6.45, 7) is 4.47. The molecule has 3 heterocycles. The van der Waals surface area contributed by atoms with Crippen LogP contribution in [0, 0.1) is 5.92 Å². The molecule has 2 amide bonds. The third kappa shape index (κ3) is 6.16. The van der Waals surface area contributed by atoms with Crippen molar-refractivity contribution in [2.24, 2.45) is 5.92 Å². The Morgan fingerprint density at radius 1 is 1.03 bits per heavy atom. The van der Waals surface area contributed by atoms with E-state index < -0.39 is 5.97 Å². The molecule has 5 rings (SSSR count). The van der Waals surface area contributed by atoms with Gasteiger partial charge < -0.3 is 10.0 Å². The molecule has 35 heavy (non-hydrogen) atoms. The zero-order valence-corrected chi connectivity index (χ0v) is 21.7. The number of rotatable bonds is 7. The Balaban J connectivity index is 0.00000289. The van der Waals surface area contributed by atoms with E-state index in [4.69, 9.17) is 10.1 Å². The second kappa shape index (κ2) is 11.7. The van der Waals surface area contributed by atoms with Gasteiger partial charge in [-0.15, -0.1) is 23.7 Å². The topological polar surface area (TPSA) is 77.0 Å². The first kappa shape index (κ1) is 25.9. The smallest absolute Gasteiger partial charge is 0.326 e. The van der Waals surface area contributed by atoms with Crippen molar-refractivity contribution in [2.45, 2.75) is 64.0 Å². The number of carboxylic acid groups (broad SMARTS) is 1. The molecular weight excluding hydrogens is 484 g/mol. The molecular formula is C26H35ClN4O3S. The summed E-state index contributed by atoms with van der Waals surface area (Å²) in [5.74, 6) is -0.226. The molecule has 2 aliphatic heterocycles. The van der Waals surface area contributed by atoms with Gasteiger partial charge in [-0.05, 0) is 50.0 Å². The number of hydrogen-bond donors (Lipinski definition) is 1. The van der Waals surface area contributed by atoms with Crippen LogP contribution in [-0.2, 0) is 24.2 Å². The van der Waals surface area contributed by atoms with Crippen LogP contribution in [0.5, 0.6) is 0 Å². The molecule has 0 atom stereocenters. The lowest BCUT2D eigenvalue weighted by Gasteiger charge is -2.34. The van der Waals surface area contributed by atoms with E-state index in [0.29, 0.717) is 12.5 Å². The van der Waals surface area contributed by atoms with Gasteiger partial charge in [0.25, 0.3) is 0 Å². The lowest BCUT2D eigenvalue weighted by atomic mass is 9.83. The van der Waals surface area contributed by atoms with Gasteiger partial charge >= 0.3 is 12.0 Å². The van der Waals surface area contributed by atoms with Crippen molar-refractivity contribution in [3.8, 4) is 0 Å². The number of anilines is 1. The fraction of sp³-hybridized carbons (Fsp3) is 0.577. The second-order valence-electron chi connectivity index (χ2n) is 9.86. The molecule has 1 aromatic heterocycles. The van der Waals surface area contributed by atoms with Gasteiger partial charge in [0, 0.05) is 56.5 Å². The first-order chi connectivity index (χ1) is 16.6. The number of carbonyl (C=O) groups excluding carboxylic acids is 1. The standard InChI is InChI=1S/C26H34N4O3S.ClH/c31-24(32)11-8-19-6-9-21(10-7-19)29-16-17-30(26(29)33)25-27-22-12-14-28(15-13-23(22)34-25)18-20-4-2-1-3-5-20;/h1-5,19,21H,6-18H2,(H,31,32);1H/t19-,21-;. The van der Waals surface area contributed by atoms with Crippen molar-refractivity contribution in [1.82, 2.24) is 14.8 Å². The maximum Gasteiger partial charge on any atom is 0.326 e. The summed E-state index contributed by atoms with van der Waals surface area (Å²) in [5, 5.41) is 9.79. The van der Waals surface area contributed by atoms with Crippen LogP contribution in [0.25, 0.3) is 0 Å². The molecule has 2 fully saturated rings. The van der Waals surface area contributed by atoms with E-state index >= 15 is 0 Å². The van der Waals surface area contributed by atoms with Gasteiger partial charge in [-0.2, -0.15) is 0 Å². The van der Waals surface area contributed by atoms with Gasteiger partial charge in [0.15, 0.2) is 5.13 Å². The van der Waals surface area contributed by atoms with E-state index in [0.717, 1.165) is 76.3 Å². The van der Waals surface area contributed by atoms with Gasteiger partial charge in [-0.3, -0.25) is 14.6 Å². The van der Waals surface area contributed by atoms with Crippen LogP contribution in [0.1, 0.15) is 54.7 Å². The summed E-state index contributed by atoms with van der Waals surface area (Å²) in [5.41, 5.74) is 2.51. The Kier molecular flexibility index (Phi) is 8.68. The lowest BCUT2D eigenvalue weighted by Crippen LogP contribution is -2.41. The monoisotopic (exact) mass is 518 g/mol. The van der Waals surface area contributed by atoms with Crippen LogP contribution in [-0.4, -0.2) is 64.1 Å². The van der Waals surface area contributed by atoms with Crippen molar-refractivity contribution in [2.75, 3.05) is 31.1 Å².